The van der Waals surface area contributed by atoms with E-state index in [1.54, 1.807) is 0 Å². The van der Waals surface area contributed by atoms with Gasteiger partial charge in [-0.15, -0.1) is 0 Å². The van der Waals surface area contributed by atoms with Crippen molar-refractivity contribution in [2.45, 2.75) is 0 Å². The van der Waals surface area contributed by atoms with Gasteiger partial charge >= 0.3 is 0 Å². The fourth-order valence-electron chi connectivity index (χ4n) is 11.9. The van der Waals surface area contributed by atoms with E-state index < -0.39 is 0 Å². The van der Waals surface area contributed by atoms with E-state index in [0.717, 1.165) is 148 Å². The number of nitrogens with one attached hydrogen (secondary N) is 3. The van der Waals surface area contributed by atoms with E-state index in [0.29, 0.717) is 17.5 Å². The van der Waals surface area contributed by atoms with Crippen molar-refractivity contribution >= 4 is 115 Å². The molecule has 0 radical (unpaired) electrons. The predicted octanol–water partition coefficient (Wildman–Crippen LogP) is 16.9. The molecule has 0 aliphatic carbocycles. The molecule has 9 heteroatoms. The third kappa shape index (κ3) is 7.78. The third-order valence-electron chi connectivity index (χ3n) is 15.6. The molecule has 3 N–H and O–H groups in total. The second kappa shape index (κ2) is 18.8. The summed E-state index contributed by atoms with van der Waals surface area (Å²) in [6.45, 7) is 0. The molecule has 81 heavy (non-hydrogen) atoms. The lowest BCUT2D eigenvalue weighted by atomic mass is 10.0. The summed E-state index contributed by atoms with van der Waals surface area (Å²) in [7, 11) is 0. The van der Waals surface area contributed by atoms with Crippen LogP contribution in [-0.2, 0) is 0 Å². The standard InChI is InChI=1S/C72H45N9/c1-4-25-46-43(19-1)22-13-37-55(46)76-67-49-28-7-10-34-58(49)73-61-40-16-31-52(64(61)67)70-79-71(53-32-17-41-62-65(53)68(50-29-8-11-35-59(50)74-62)77-56-38-14-23-44-20-2-5-26-47(44)56)81-72(80-70)54-33-18-42-63-66(54)69(51-30-9-12-36-60(51)75-63)78-57-39-15-24-45-21-3-6-27-48(45)57/h1-42H,(H,73,76)(H,74,77)(H,75,78). The van der Waals surface area contributed by atoms with E-state index in [2.05, 4.69) is 270 Å². The van der Waals surface area contributed by atoms with Crippen molar-refractivity contribution in [1.82, 2.24) is 29.9 Å². The van der Waals surface area contributed by atoms with Gasteiger partial charge in [-0.1, -0.05) is 200 Å². The van der Waals surface area contributed by atoms with Crippen molar-refractivity contribution in [2.75, 3.05) is 0 Å². The summed E-state index contributed by atoms with van der Waals surface area (Å²) < 4.78 is 0. The minimum Gasteiger partial charge on any atom is -0.354 e. The maximum Gasteiger partial charge on any atom is 0.164 e. The molecule has 0 spiro atoms. The van der Waals surface area contributed by atoms with Crippen molar-refractivity contribution in [1.29, 1.82) is 0 Å². The summed E-state index contributed by atoms with van der Waals surface area (Å²) >= 11 is 0. The van der Waals surface area contributed by atoms with Crippen LogP contribution in [0.1, 0.15) is 0 Å². The van der Waals surface area contributed by atoms with Crippen molar-refractivity contribution in [3.05, 3.63) is 271 Å². The maximum atomic E-state index is 5.65. The number of H-pyrrole nitrogens is 3. The van der Waals surface area contributed by atoms with E-state index in [1.807, 2.05) is 0 Å². The summed E-state index contributed by atoms with van der Waals surface area (Å²) in [4.78, 5) is 45.2. The summed E-state index contributed by atoms with van der Waals surface area (Å²) in [6, 6.07) is 88.0. The van der Waals surface area contributed by atoms with Gasteiger partial charge in [-0.05, 0) is 70.8 Å². The van der Waals surface area contributed by atoms with Gasteiger partial charge in [-0.3, -0.25) is 0 Å². The molecule has 0 atom stereocenters. The summed E-state index contributed by atoms with van der Waals surface area (Å²) in [5, 5.41) is 14.4. The van der Waals surface area contributed by atoms with Crippen molar-refractivity contribution in [3.63, 3.8) is 0 Å². The molecule has 0 bridgehead atoms. The van der Waals surface area contributed by atoms with Gasteiger partial charge in [0.1, 0.15) is 0 Å². The molecule has 0 aliphatic heterocycles. The zero-order chi connectivity index (χ0) is 53.4. The number of para-hydroxylation sites is 3. The highest BCUT2D eigenvalue weighted by Crippen LogP contribution is 2.36. The van der Waals surface area contributed by atoms with Crippen molar-refractivity contribution < 1.29 is 0 Å². The first kappa shape index (κ1) is 46.0. The quantitative estimate of drug-likeness (QED) is 0.144. The number of nitrogens with zero attached hydrogens (tertiary/aromatic N) is 6. The van der Waals surface area contributed by atoms with E-state index in [9.17, 15) is 0 Å². The lowest BCUT2D eigenvalue weighted by molar-refractivity contribution is 1.08. The van der Waals surface area contributed by atoms with E-state index in [1.165, 1.54) is 0 Å². The Hall–Kier alpha value is -11.2. The molecular weight excluding hydrogens is 991 g/mol. The number of pyridine rings is 3. The number of aromatic amines is 3. The first-order valence-electron chi connectivity index (χ1n) is 27.1. The zero-order valence-electron chi connectivity index (χ0n) is 43.4. The Morgan fingerprint density at radius 3 is 0.790 bits per heavy atom. The topological polar surface area (TPSA) is 123 Å². The van der Waals surface area contributed by atoms with Crippen LogP contribution in [0.15, 0.2) is 270 Å². The van der Waals surface area contributed by atoms with Gasteiger partial charge in [0.15, 0.2) is 17.5 Å². The van der Waals surface area contributed by atoms with E-state index in [4.69, 9.17) is 29.9 Å². The lowest BCUT2D eigenvalue weighted by Crippen LogP contribution is -2.12. The van der Waals surface area contributed by atoms with Crippen LogP contribution in [0.2, 0.25) is 0 Å². The van der Waals surface area contributed by atoms with Crippen LogP contribution in [0.25, 0.3) is 132 Å². The highest BCUT2D eigenvalue weighted by atomic mass is 15.0. The number of hydrogen-bond acceptors (Lipinski definition) is 6. The largest absolute Gasteiger partial charge is 0.354 e. The molecule has 0 fully saturated rings. The molecule has 0 unspecified atom stereocenters. The zero-order valence-corrected chi connectivity index (χ0v) is 43.4. The van der Waals surface area contributed by atoms with Crippen molar-refractivity contribution in [2.24, 2.45) is 15.0 Å². The summed E-state index contributed by atoms with van der Waals surface area (Å²) in [6.07, 6.45) is 0. The Morgan fingerprint density at radius 2 is 0.469 bits per heavy atom. The minimum absolute atomic E-state index is 0.474. The van der Waals surface area contributed by atoms with Gasteiger partial charge in [0, 0.05) is 98.3 Å². The predicted molar refractivity (Wildman–Crippen MR) is 332 cm³/mol. The molecule has 16 aromatic rings. The second-order valence-corrected chi connectivity index (χ2v) is 20.4. The molecule has 16 rings (SSSR count). The number of hydrogen-bond donors (Lipinski definition) is 3. The van der Waals surface area contributed by atoms with Crippen LogP contribution in [0, 0.1) is 0 Å². The Labute approximate surface area is 462 Å². The molecule has 4 aromatic heterocycles. The van der Waals surface area contributed by atoms with Crippen molar-refractivity contribution in [3.8, 4) is 34.2 Å². The van der Waals surface area contributed by atoms with Gasteiger partial charge in [0.25, 0.3) is 0 Å². The van der Waals surface area contributed by atoms with Crippen LogP contribution in [0.3, 0.4) is 0 Å². The smallest absolute Gasteiger partial charge is 0.164 e. The van der Waals surface area contributed by atoms with Gasteiger partial charge in [0.2, 0.25) is 0 Å². The Balaban J connectivity index is 1.05. The van der Waals surface area contributed by atoms with Crippen LogP contribution in [0.4, 0.5) is 17.1 Å². The fraction of sp³-hybridized carbons (Fsp3) is 0. The molecule has 9 nitrogen and oxygen atoms in total. The van der Waals surface area contributed by atoms with Crippen LogP contribution in [-0.4, -0.2) is 29.9 Å². The molecule has 0 amide bonds. The van der Waals surface area contributed by atoms with Crippen LogP contribution in [0.5, 0.6) is 0 Å². The van der Waals surface area contributed by atoms with Crippen LogP contribution < -0.4 is 16.1 Å². The number of benzene rings is 12. The Bertz CT molecular complexity index is 4950. The average Bonchev–Trinajstić information content (AvgIpc) is 3.67. The Kier molecular flexibility index (Phi) is 10.7. The molecule has 0 saturated heterocycles. The van der Waals surface area contributed by atoms with E-state index in [-0.39, 0.29) is 0 Å². The second-order valence-electron chi connectivity index (χ2n) is 20.4. The minimum atomic E-state index is 0.474. The highest BCUT2D eigenvalue weighted by Gasteiger charge is 2.22. The van der Waals surface area contributed by atoms with E-state index >= 15 is 0 Å². The SMILES string of the molecule is c1ccc2c(N=c3c4ccccc4[nH]c4cccc(-c5nc(-c6cccc7[nH]c8ccccc8c(=Nc8cccc9ccccc89)c67)nc(-c6cccc7[nH]c8ccccc8c(=Nc8cccc9ccccc89)c67)n5)c34)cccc2c1. The van der Waals surface area contributed by atoms with Gasteiger partial charge in [-0.25, -0.2) is 29.9 Å². The third-order valence-corrected chi connectivity index (χ3v) is 15.6. The molecular formula is C72H45N9. The number of aromatic nitrogens is 6. The molecule has 378 valence electrons. The van der Waals surface area contributed by atoms with Gasteiger partial charge < -0.3 is 15.0 Å². The maximum absolute atomic E-state index is 5.65. The lowest BCUT2D eigenvalue weighted by Gasteiger charge is -2.15. The van der Waals surface area contributed by atoms with Gasteiger partial charge in [0.05, 0.1) is 33.1 Å². The summed E-state index contributed by atoms with van der Waals surface area (Å²) in [5.74, 6) is 1.42. The molecule has 12 aromatic carbocycles. The fourth-order valence-corrected chi connectivity index (χ4v) is 11.9. The molecule has 0 aliphatic rings. The molecule has 4 heterocycles. The first-order chi connectivity index (χ1) is 40.1. The highest BCUT2D eigenvalue weighted by molar-refractivity contribution is 6.05. The first-order valence-corrected chi connectivity index (χ1v) is 27.1. The van der Waals surface area contributed by atoms with Gasteiger partial charge in [-0.2, -0.15) is 0 Å². The monoisotopic (exact) mass is 1040 g/mol. The summed E-state index contributed by atoms with van der Waals surface area (Å²) in [5.41, 5.74) is 10.5. The molecule has 0 saturated carbocycles. The normalized spacial score (nSPS) is 12.7. The Morgan fingerprint density at radius 1 is 0.222 bits per heavy atom. The van der Waals surface area contributed by atoms with Crippen LogP contribution >= 0.6 is 0 Å². The number of rotatable bonds is 6. The number of fused-ring (bicyclic) bond motifs is 9. The average molecular weight is 1040 g/mol.